The van der Waals surface area contributed by atoms with Crippen molar-refractivity contribution in [3.63, 3.8) is 0 Å². The molecule has 84 valence electrons. The molecule has 0 amide bonds. The highest BCUT2D eigenvalue weighted by molar-refractivity contribution is 7.87. The van der Waals surface area contributed by atoms with Gasteiger partial charge >= 0.3 is 0 Å². The molecule has 0 aliphatic carbocycles. The van der Waals surface area contributed by atoms with Gasteiger partial charge in [-0.2, -0.15) is 12.7 Å². The Hall–Kier alpha value is 0.160. The predicted molar refractivity (Wildman–Crippen MR) is 57.6 cm³/mol. The minimum Gasteiger partial charge on any atom is -0.202 e. The number of halogens is 1. The molecule has 1 aliphatic rings. The van der Waals surface area contributed by atoms with Crippen LogP contribution in [0.15, 0.2) is 0 Å². The Morgan fingerprint density at radius 1 is 1.57 bits per heavy atom. The lowest BCUT2D eigenvalue weighted by Crippen LogP contribution is -2.46. The van der Waals surface area contributed by atoms with Crippen molar-refractivity contribution in [2.75, 3.05) is 25.5 Å². The molecule has 0 spiro atoms. The quantitative estimate of drug-likeness (QED) is 0.739. The second-order valence-corrected chi connectivity index (χ2v) is 5.59. The van der Waals surface area contributed by atoms with Crippen LogP contribution in [0.5, 0.6) is 0 Å². The average molecular weight is 241 g/mol. The molecular formula is C8H17ClN2O2S. The fourth-order valence-electron chi connectivity index (χ4n) is 1.64. The van der Waals surface area contributed by atoms with Crippen molar-refractivity contribution in [1.29, 1.82) is 0 Å². The van der Waals surface area contributed by atoms with E-state index in [0.717, 1.165) is 12.8 Å². The molecule has 0 radical (unpaired) electrons. The smallest absolute Gasteiger partial charge is 0.202 e. The minimum absolute atomic E-state index is 0.304. The zero-order valence-corrected chi connectivity index (χ0v) is 9.94. The van der Waals surface area contributed by atoms with Crippen molar-refractivity contribution in [3.8, 4) is 0 Å². The van der Waals surface area contributed by atoms with Crippen molar-refractivity contribution in [1.82, 2.24) is 9.03 Å². The number of rotatable bonds is 4. The second kappa shape index (κ2) is 5.30. The molecule has 1 aliphatic heterocycles. The lowest BCUT2D eigenvalue weighted by Gasteiger charge is -2.30. The third-order valence-corrected chi connectivity index (χ3v) is 4.47. The van der Waals surface area contributed by atoms with Gasteiger partial charge in [-0.15, -0.1) is 11.6 Å². The van der Waals surface area contributed by atoms with Crippen LogP contribution in [0.2, 0.25) is 0 Å². The van der Waals surface area contributed by atoms with Crippen molar-refractivity contribution < 1.29 is 8.42 Å². The summed E-state index contributed by atoms with van der Waals surface area (Å²) < 4.78 is 27.2. The number of nitrogens with zero attached hydrogens (tertiary/aromatic N) is 1. The number of nitrogens with one attached hydrogen (secondary N) is 1. The number of hydrogen-bond donors (Lipinski definition) is 1. The first-order valence-electron chi connectivity index (χ1n) is 4.91. The second-order valence-electron chi connectivity index (χ2n) is 3.52. The molecule has 1 heterocycles. The van der Waals surface area contributed by atoms with Gasteiger partial charge in [0.1, 0.15) is 0 Å². The molecular weight excluding hydrogens is 224 g/mol. The van der Waals surface area contributed by atoms with E-state index < -0.39 is 10.2 Å². The Bertz CT molecular complexity index is 269. The Morgan fingerprint density at radius 2 is 2.29 bits per heavy atom. The third-order valence-electron chi connectivity index (χ3n) is 2.37. The number of piperidine rings is 1. The lowest BCUT2D eigenvalue weighted by molar-refractivity contribution is 0.281. The van der Waals surface area contributed by atoms with Crippen LogP contribution in [0.25, 0.3) is 0 Å². The van der Waals surface area contributed by atoms with Gasteiger partial charge in [0, 0.05) is 25.5 Å². The van der Waals surface area contributed by atoms with Crippen LogP contribution in [0.4, 0.5) is 0 Å². The Kier molecular flexibility index (Phi) is 4.63. The molecule has 0 aromatic rings. The van der Waals surface area contributed by atoms with Crippen molar-refractivity contribution in [2.24, 2.45) is 5.92 Å². The van der Waals surface area contributed by atoms with Gasteiger partial charge in [0.15, 0.2) is 0 Å². The zero-order chi connectivity index (χ0) is 10.6. The monoisotopic (exact) mass is 240 g/mol. The highest BCUT2D eigenvalue weighted by atomic mass is 35.5. The summed E-state index contributed by atoms with van der Waals surface area (Å²) in [6.45, 7) is 3.38. The average Bonchev–Trinajstić information content (AvgIpc) is 2.18. The molecule has 0 aromatic carbocycles. The van der Waals surface area contributed by atoms with E-state index >= 15 is 0 Å². The van der Waals surface area contributed by atoms with E-state index in [1.807, 2.05) is 0 Å². The van der Waals surface area contributed by atoms with Gasteiger partial charge in [-0.05, 0) is 18.8 Å². The molecule has 1 rings (SSSR count). The third kappa shape index (κ3) is 3.08. The summed E-state index contributed by atoms with van der Waals surface area (Å²) in [5, 5.41) is 0. The normalized spacial score (nSPS) is 25.1. The maximum Gasteiger partial charge on any atom is 0.279 e. The Labute approximate surface area is 90.8 Å². The van der Waals surface area contributed by atoms with Gasteiger partial charge in [-0.25, -0.2) is 4.72 Å². The minimum atomic E-state index is -3.25. The molecule has 1 N–H and O–H groups in total. The van der Waals surface area contributed by atoms with E-state index in [4.69, 9.17) is 11.6 Å². The van der Waals surface area contributed by atoms with Crippen LogP contribution >= 0.6 is 11.6 Å². The standard InChI is InChI=1S/C8H17ClN2O2S/c1-2-10-14(12,13)11-5-3-4-8(6-9)7-11/h8,10H,2-7H2,1H3. The van der Waals surface area contributed by atoms with Gasteiger partial charge in [0.05, 0.1) is 0 Å². The fraction of sp³-hybridized carbons (Fsp3) is 1.00. The number of alkyl halides is 1. The molecule has 1 fully saturated rings. The molecule has 0 aromatic heterocycles. The Morgan fingerprint density at radius 3 is 2.86 bits per heavy atom. The summed E-state index contributed by atoms with van der Waals surface area (Å²) >= 11 is 5.73. The highest BCUT2D eigenvalue weighted by Gasteiger charge is 2.27. The van der Waals surface area contributed by atoms with E-state index in [0.29, 0.717) is 31.4 Å². The highest BCUT2D eigenvalue weighted by Crippen LogP contribution is 2.19. The predicted octanol–water partition coefficient (Wildman–Crippen LogP) is 0.791. The molecule has 0 bridgehead atoms. The molecule has 1 saturated heterocycles. The van der Waals surface area contributed by atoms with Crippen LogP contribution in [-0.2, 0) is 10.2 Å². The summed E-state index contributed by atoms with van der Waals surface area (Å²) in [7, 11) is -3.25. The number of hydrogen-bond acceptors (Lipinski definition) is 2. The van der Waals surface area contributed by atoms with Gasteiger partial charge < -0.3 is 0 Å². The summed E-state index contributed by atoms with van der Waals surface area (Å²) in [6.07, 6.45) is 1.93. The summed E-state index contributed by atoms with van der Waals surface area (Å²) in [5.74, 6) is 0.844. The van der Waals surface area contributed by atoms with E-state index in [-0.39, 0.29) is 0 Å². The topological polar surface area (TPSA) is 49.4 Å². The van der Waals surface area contributed by atoms with Crippen molar-refractivity contribution in [3.05, 3.63) is 0 Å². The zero-order valence-electron chi connectivity index (χ0n) is 8.37. The van der Waals surface area contributed by atoms with Crippen LogP contribution < -0.4 is 4.72 Å². The van der Waals surface area contributed by atoms with Crippen LogP contribution in [-0.4, -0.2) is 38.2 Å². The summed E-state index contributed by atoms with van der Waals surface area (Å²) in [4.78, 5) is 0. The fourth-order valence-corrected chi connectivity index (χ4v) is 3.22. The largest absolute Gasteiger partial charge is 0.279 e. The maximum atomic E-state index is 11.6. The summed E-state index contributed by atoms with van der Waals surface area (Å²) in [6, 6.07) is 0. The van der Waals surface area contributed by atoms with Crippen molar-refractivity contribution >= 4 is 21.8 Å². The molecule has 4 nitrogen and oxygen atoms in total. The van der Waals surface area contributed by atoms with E-state index in [2.05, 4.69) is 4.72 Å². The molecule has 0 saturated carbocycles. The first-order valence-corrected chi connectivity index (χ1v) is 6.88. The first kappa shape index (κ1) is 12.2. The van der Waals surface area contributed by atoms with E-state index in [1.165, 1.54) is 4.31 Å². The van der Waals surface area contributed by atoms with Gasteiger partial charge in [0.25, 0.3) is 10.2 Å². The van der Waals surface area contributed by atoms with E-state index in [1.54, 1.807) is 6.92 Å². The van der Waals surface area contributed by atoms with Crippen LogP contribution in [0.1, 0.15) is 19.8 Å². The summed E-state index contributed by atoms with van der Waals surface area (Å²) in [5.41, 5.74) is 0. The van der Waals surface area contributed by atoms with Crippen molar-refractivity contribution in [2.45, 2.75) is 19.8 Å². The maximum absolute atomic E-state index is 11.6. The molecule has 1 atom stereocenters. The SMILES string of the molecule is CCNS(=O)(=O)N1CCCC(CCl)C1. The van der Waals surface area contributed by atoms with Gasteiger partial charge in [0.2, 0.25) is 0 Å². The molecule has 6 heteroatoms. The first-order chi connectivity index (χ1) is 6.60. The Balaban J connectivity index is 2.59. The lowest BCUT2D eigenvalue weighted by atomic mass is 10.0. The van der Waals surface area contributed by atoms with Gasteiger partial charge in [-0.1, -0.05) is 6.92 Å². The van der Waals surface area contributed by atoms with Gasteiger partial charge in [-0.3, -0.25) is 0 Å². The molecule has 1 unspecified atom stereocenters. The van der Waals surface area contributed by atoms with Crippen LogP contribution in [0.3, 0.4) is 0 Å². The van der Waals surface area contributed by atoms with E-state index in [9.17, 15) is 8.42 Å². The van der Waals surface area contributed by atoms with Crippen LogP contribution in [0, 0.1) is 5.92 Å². The molecule has 14 heavy (non-hydrogen) atoms.